The Morgan fingerprint density at radius 2 is 1.85 bits per heavy atom. The van der Waals surface area contributed by atoms with E-state index in [1.165, 1.54) is 0 Å². The minimum atomic E-state index is 0.00375. The summed E-state index contributed by atoms with van der Waals surface area (Å²) in [6.07, 6.45) is 3.99. The van der Waals surface area contributed by atoms with Crippen LogP contribution in [0.4, 0.5) is 5.69 Å². The molecule has 4 heterocycles. The third-order valence-corrected chi connectivity index (χ3v) is 7.35. The predicted molar refractivity (Wildman–Crippen MR) is 135 cm³/mol. The number of rotatable bonds is 6. The lowest BCUT2D eigenvalue weighted by atomic mass is 10.2. The van der Waals surface area contributed by atoms with Crippen LogP contribution in [0.3, 0.4) is 0 Å². The van der Waals surface area contributed by atoms with Crippen molar-refractivity contribution in [2.24, 2.45) is 0 Å². The number of thiazole rings is 1. The second-order valence-electron chi connectivity index (χ2n) is 9.05. The molecule has 1 aromatic carbocycles. The average Bonchev–Trinajstić information content (AvgIpc) is 3.62. The minimum Gasteiger partial charge on any atom is -0.357 e. The van der Waals surface area contributed by atoms with Crippen LogP contribution in [-0.4, -0.2) is 89.3 Å². The molecule has 0 saturated carbocycles. The molecule has 0 spiro atoms. The van der Waals surface area contributed by atoms with Gasteiger partial charge in [0.2, 0.25) is 5.91 Å². The number of likely N-dealkylation sites (N-methyl/N-ethyl adjacent to an activating group) is 1. The zero-order chi connectivity index (χ0) is 23.5. The highest BCUT2D eigenvalue weighted by Gasteiger charge is 2.21. The van der Waals surface area contributed by atoms with Gasteiger partial charge in [0, 0.05) is 67.7 Å². The van der Waals surface area contributed by atoms with Crippen LogP contribution in [0.2, 0.25) is 0 Å². The Bertz CT molecular complexity index is 1160. The summed E-state index contributed by atoms with van der Waals surface area (Å²) in [5.41, 5.74) is 4.07. The van der Waals surface area contributed by atoms with Crippen molar-refractivity contribution < 1.29 is 9.59 Å². The van der Waals surface area contributed by atoms with Crippen molar-refractivity contribution in [3.8, 4) is 21.8 Å². The Balaban J connectivity index is 1.23. The Labute approximate surface area is 203 Å². The first-order valence-electron chi connectivity index (χ1n) is 11.8. The van der Waals surface area contributed by atoms with Crippen LogP contribution in [0.15, 0.2) is 41.9 Å². The summed E-state index contributed by atoms with van der Waals surface area (Å²) >= 11 is 1.55. The Morgan fingerprint density at radius 3 is 2.65 bits per heavy atom. The van der Waals surface area contributed by atoms with Crippen molar-refractivity contribution >= 4 is 28.8 Å². The highest BCUT2D eigenvalue weighted by molar-refractivity contribution is 7.13. The fraction of sp³-hybridized carbons (Fsp3) is 0.400. The monoisotopic (exact) mass is 478 g/mol. The molecule has 34 heavy (non-hydrogen) atoms. The second-order valence-corrected chi connectivity index (χ2v) is 9.91. The van der Waals surface area contributed by atoms with E-state index in [0.717, 1.165) is 79.6 Å². The summed E-state index contributed by atoms with van der Waals surface area (Å²) in [5, 5.41) is 5.90. The first-order valence-corrected chi connectivity index (χ1v) is 12.7. The van der Waals surface area contributed by atoms with Crippen molar-refractivity contribution in [1.82, 2.24) is 24.7 Å². The molecule has 0 radical (unpaired) electrons. The normalized spacial score (nSPS) is 17.3. The molecule has 9 heteroatoms. The number of anilines is 1. The standard InChI is InChI=1S/C25H30N6O2S/c1-29-9-11-30(12-10-29)16-23(32)27-20-6-4-5-18(13-20)24-28-22(17-34-24)19-14-21(26-15-19)25(33)31-7-2-3-8-31/h4-6,13-15,17,26H,2-3,7-12,16H2,1H3,(H,27,32). The molecule has 2 aliphatic heterocycles. The van der Waals surface area contributed by atoms with Gasteiger partial charge in [-0.15, -0.1) is 11.3 Å². The van der Waals surface area contributed by atoms with Crippen molar-refractivity contribution in [3.63, 3.8) is 0 Å². The summed E-state index contributed by atoms with van der Waals surface area (Å²) in [7, 11) is 2.11. The summed E-state index contributed by atoms with van der Waals surface area (Å²) in [4.78, 5) is 39.4. The number of carbonyl (C=O) groups is 2. The zero-order valence-electron chi connectivity index (χ0n) is 19.4. The van der Waals surface area contributed by atoms with Gasteiger partial charge in [-0.3, -0.25) is 14.5 Å². The topological polar surface area (TPSA) is 84.6 Å². The predicted octanol–water partition coefficient (Wildman–Crippen LogP) is 3.23. The van der Waals surface area contributed by atoms with Gasteiger partial charge in [-0.2, -0.15) is 0 Å². The molecule has 0 unspecified atom stereocenters. The van der Waals surface area contributed by atoms with Gasteiger partial charge in [-0.25, -0.2) is 4.98 Å². The highest BCUT2D eigenvalue weighted by Crippen LogP contribution is 2.31. The Kier molecular flexibility index (Phi) is 6.75. The number of hydrogen-bond acceptors (Lipinski definition) is 6. The van der Waals surface area contributed by atoms with E-state index in [2.05, 4.69) is 27.1 Å². The molecule has 8 nitrogen and oxygen atoms in total. The number of amides is 2. The van der Waals surface area contributed by atoms with E-state index in [1.54, 1.807) is 11.3 Å². The van der Waals surface area contributed by atoms with Gasteiger partial charge >= 0.3 is 0 Å². The van der Waals surface area contributed by atoms with Crippen molar-refractivity contribution in [2.45, 2.75) is 12.8 Å². The number of aromatic nitrogens is 2. The van der Waals surface area contributed by atoms with Crippen molar-refractivity contribution in [2.75, 3.05) is 58.2 Å². The average molecular weight is 479 g/mol. The maximum absolute atomic E-state index is 12.6. The van der Waals surface area contributed by atoms with E-state index in [1.807, 2.05) is 46.8 Å². The number of carbonyl (C=O) groups excluding carboxylic acids is 2. The van der Waals surface area contributed by atoms with Gasteiger partial charge in [0.1, 0.15) is 10.7 Å². The fourth-order valence-corrected chi connectivity index (χ4v) is 5.26. The van der Waals surface area contributed by atoms with Crippen molar-refractivity contribution in [3.05, 3.63) is 47.6 Å². The molecule has 0 bridgehead atoms. The van der Waals surface area contributed by atoms with E-state index in [-0.39, 0.29) is 11.8 Å². The van der Waals surface area contributed by atoms with Crippen LogP contribution in [0.25, 0.3) is 21.8 Å². The summed E-state index contributed by atoms with van der Waals surface area (Å²) in [6, 6.07) is 9.68. The van der Waals surface area contributed by atoms with Crippen LogP contribution in [0.5, 0.6) is 0 Å². The van der Waals surface area contributed by atoms with E-state index < -0.39 is 0 Å². The molecule has 2 amide bonds. The number of nitrogens with one attached hydrogen (secondary N) is 2. The molecule has 2 fully saturated rings. The van der Waals surface area contributed by atoms with E-state index >= 15 is 0 Å². The van der Waals surface area contributed by atoms with Gasteiger partial charge in [0.25, 0.3) is 5.91 Å². The fourth-order valence-electron chi connectivity index (χ4n) is 4.43. The van der Waals surface area contributed by atoms with Gasteiger partial charge < -0.3 is 20.1 Å². The second kappa shape index (κ2) is 10.1. The molecule has 2 aromatic heterocycles. The van der Waals surface area contributed by atoms with Gasteiger partial charge in [0.05, 0.1) is 12.2 Å². The van der Waals surface area contributed by atoms with E-state index in [4.69, 9.17) is 4.98 Å². The maximum atomic E-state index is 12.6. The SMILES string of the molecule is CN1CCN(CC(=O)Nc2cccc(-c3nc(-c4c[nH]c(C(=O)N5CCCC5)c4)cs3)c2)CC1. The lowest BCUT2D eigenvalue weighted by molar-refractivity contribution is -0.117. The number of nitrogens with zero attached hydrogens (tertiary/aromatic N) is 4. The molecule has 0 atom stereocenters. The lowest BCUT2D eigenvalue weighted by Crippen LogP contribution is -2.47. The number of likely N-dealkylation sites (tertiary alicyclic amines) is 1. The van der Waals surface area contributed by atoms with Crippen LogP contribution < -0.4 is 5.32 Å². The van der Waals surface area contributed by atoms with Crippen LogP contribution >= 0.6 is 11.3 Å². The molecule has 2 N–H and O–H groups in total. The number of benzene rings is 1. The Hall–Kier alpha value is -3.01. The van der Waals surface area contributed by atoms with Crippen LogP contribution in [-0.2, 0) is 4.79 Å². The molecular weight excluding hydrogens is 448 g/mol. The van der Waals surface area contributed by atoms with Crippen molar-refractivity contribution in [1.29, 1.82) is 0 Å². The number of H-pyrrole nitrogens is 1. The smallest absolute Gasteiger partial charge is 0.270 e. The zero-order valence-corrected chi connectivity index (χ0v) is 20.2. The van der Waals surface area contributed by atoms with Crippen LogP contribution in [0, 0.1) is 0 Å². The molecule has 5 rings (SSSR count). The summed E-state index contributed by atoms with van der Waals surface area (Å²) in [5.74, 6) is 0.0586. The molecule has 3 aromatic rings. The van der Waals surface area contributed by atoms with E-state index in [9.17, 15) is 9.59 Å². The summed E-state index contributed by atoms with van der Waals surface area (Å²) < 4.78 is 0. The third-order valence-electron chi connectivity index (χ3n) is 6.46. The number of hydrogen-bond donors (Lipinski definition) is 2. The quantitative estimate of drug-likeness (QED) is 0.568. The van der Waals surface area contributed by atoms with Gasteiger partial charge in [-0.05, 0) is 38.1 Å². The molecule has 178 valence electrons. The molecule has 2 aliphatic rings. The maximum Gasteiger partial charge on any atom is 0.270 e. The molecular formula is C25H30N6O2S. The minimum absolute atomic E-state index is 0.00375. The van der Waals surface area contributed by atoms with E-state index in [0.29, 0.717) is 12.2 Å². The third kappa shape index (κ3) is 5.22. The summed E-state index contributed by atoms with van der Waals surface area (Å²) in [6.45, 7) is 5.87. The van der Waals surface area contributed by atoms with Gasteiger partial charge in [-0.1, -0.05) is 12.1 Å². The first-order chi connectivity index (χ1) is 16.5. The number of piperazine rings is 1. The first kappa shape index (κ1) is 22.8. The highest BCUT2D eigenvalue weighted by atomic mass is 32.1. The molecule has 2 saturated heterocycles. The van der Waals surface area contributed by atoms with Crippen LogP contribution in [0.1, 0.15) is 23.3 Å². The molecule has 0 aliphatic carbocycles. The largest absolute Gasteiger partial charge is 0.357 e. The lowest BCUT2D eigenvalue weighted by Gasteiger charge is -2.31. The Morgan fingerprint density at radius 1 is 1.06 bits per heavy atom. The number of aromatic amines is 1. The van der Waals surface area contributed by atoms with Gasteiger partial charge in [0.15, 0.2) is 0 Å².